The number of fused-ring (bicyclic) bond motifs is 1. The van der Waals surface area contributed by atoms with Gasteiger partial charge in [0, 0.05) is 54.1 Å². The van der Waals surface area contributed by atoms with E-state index in [1.807, 2.05) is 12.1 Å². The van der Waals surface area contributed by atoms with Crippen LogP contribution in [0.2, 0.25) is 5.02 Å². The van der Waals surface area contributed by atoms with Crippen LogP contribution in [0.1, 0.15) is 70.9 Å². The Morgan fingerprint density at radius 1 is 1.27 bits per heavy atom. The van der Waals surface area contributed by atoms with E-state index in [1.165, 1.54) is 6.92 Å². The molecule has 33 heavy (non-hydrogen) atoms. The largest absolute Gasteiger partial charge is 0.387 e. The second kappa shape index (κ2) is 9.11. The number of aliphatic hydroxyl groups is 1. The van der Waals surface area contributed by atoms with Crippen molar-refractivity contribution in [2.24, 2.45) is 11.3 Å². The minimum absolute atomic E-state index is 0.0342. The number of nitrogens with zero attached hydrogens (tertiary/aromatic N) is 2. The number of nitrogens with one attached hydrogen (secondary N) is 2. The van der Waals surface area contributed by atoms with Gasteiger partial charge in [-0.15, -0.1) is 0 Å². The summed E-state index contributed by atoms with van der Waals surface area (Å²) in [5.41, 5.74) is 3.89. The second-order valence-electron chi connectivity index (χ2n) is 10.3. The van der Waals surface area contributed by atoms with Gasteiger partial charge >= 0.3 is 0 Å². The first kappa shape index (κ1) is 23.8. The Balaban J connectivity index is 1.58. The number of aromatic nitrogens is 2. The monoisotopic (exact) mass is 472 g/mol. The number of anilines is 1. The zero-order valence-electron chi connectivity index (χ0n) is 19.7. The molecule has 0 aromatic carbocycles. The molecule has 1 saturated carbocycles. The fourth-order valence-electron chi connectivity index (χ4n) is 5.29. The van der Waals surface area contributed by atoms with Gasteiger partial charge in [0.1, 0.15) is 5.82 Å². The van der Waals surface area contributed by atoms with Crippen LogP contribution in [-0.2, 0) is 22.6 Å². The summed E-state index contributed by atoms with van der Waals surface area (Å²) in [6, 6.07) is 3.86. The molecule has 3 N–H and O–H groups in total. The molecule has 0 radical (unpaired) electrons. The second-order valence-corrected chi connectivity index (χ2v) is 10.7. The van der Waals surface area contributed by atoms with Crippen molar-refractivity contribution in [1.82, 2.24) is 14.9 Å². The summed E-state index contributed by atoms with van der Waals surface area (Å²) in [5.74, 6) is 0.137. The maximum absolute atomic E-state index is 13.0. The normalized spacial score (nSPS) is 22.5. The molecule has 2 aliphatic rings. The van der Waals surface area contributed by atoms with Crippen molar-refractivity contribution >= 4 is 29.2 Å². The average molecular weight is 473 g/mol. The molecule has 178 valence electrons. The van der Waals surface area contributed by atoms with Gasteiger partial charge in [0.05, 0.1) is 11.1 Å². The minimum atomic E-state index is -0.589. The molecule has 7 nitrogen and oxygen atoms in total. The van der Waals surface area contributed by atoms with Crippen LogP contribution in [0.3, 0.4) is 0 Å². The van der Waals surface area contributed by atoms with Crippen molar-refractivity contribution in [3.8, 4) is 11.1 Å². The highest BCUT2D eigenvalue weighted by Gasteiger charge is 2.34. The van der Waals surface area contributed by atoms with Gasteiger partial charge in [0.25, 0.3) is 0 Å². The highest BCUT2D eigenvalue weighted by molar-refractivity contribution is 6.33. The maximum atomic E-state index is 13.0. The van der Waals surface area contributed by atoms with Gasteiger partial charge in [-0.2, -0.15) is 0 Å². The van der Waals surface area contributed by atoms with Gasteiger partial charge in [-0.25, -0.2) is 4.98 Å². The minimum Gasteiger partial charge on any atom is -0.387 e. The van der Waals surface area contributed by atoms with Crippen molar-refractivity contribution in [3.05, 3.63) is 34.7 Å². The molecule has 0 saturated heterocycles. The predicted octanol–water partition coefficient (Wildman–Crippen LogP) is 4.47. The molecule has 3 heterocycles. The topological polar surface area (TPSA) is 96.3 Å². The summed E-state index contributed by atoms with van der Waals surface area (Å²) in [4.78, 5) is 28.7. The van der Waals surface area contributed by atoms with Gasteiger partial charge in [0.2, 0.25) is 11.8 Å². The van der Waals surface area contributed by atoms with Gasteiger partial charge < -0.3 is 20.3 Å². The van der Waals surface area contributed by atoms with Crippen molar-refractivity contribution in [2.45, 2.75) is 78.5 Å². The standard InChI is InChI=1S/C25H33ClN4O3/c1-14(31)21-9-19(22-11-25(3,4)13-30(21)22)18-10-23(27-12-20(18)26)29-24(33)16-6-5-7-17(8-16)28-15(2)32/h9-10,12,14,16-17,31H,5-8,11,13H2,1-4H3,(H,28,32)(H,27,29,33)/t14?,16-,17+/m0/s1. The summed E-state index contributed by atoms with van der Waals surface area (Å²) < 4.78 is 2.19. The lowest BCUT2D eigenvalue weighted by Gasteiger charge is -2.28. The first-order valence-corrected chi connectivity index (χ1v) is 12.1. The Labute approximate surface area is 199 Å². The quantitative estimate of drug-likeness (QED) is 0.598. The highest BCUT2D eigenvalue weighted by atomic mass is 35.5. The van der Waals surface area contributed by atoms with Gasteiger partial charge in [-0.1, -0.05) is 31.9 Å². The molecule has 1 aliphatic carbocycles. The maximum Gasteiger partial charge on any atom is 0.228 e. The zero-order chi connectivity index (χ0) is 23.9. The van der Waals surface area contributed by atoms with Crippen molar-refractivity contribution < 1.29 is 14.7 Å². The van der Waals surface area contributed by atoms with E-state index in [0.717, 1.165) is 54.7 Å². The van der Waals surface area contributed by atoms with E-state index in [-0.39, 0.29) is 29.2 Å². The van der Waals surface area contributed by atoms with Gasteiger partial charge in [-0.3, -0.25) is 9.59 Å². The first-order chi connectivity index (χ1) is 15.5. The molecule has 3 atom stereocenters. The number of pyridine rings is 1. The molecule has 0 spiro atoms. The van der Waals surface area contributed by atoms with Crippen molar-refractivity contribution in [3.63, 3.8) is 0 Å². The Hall–Kier alpha value is -2.38. The molecule has 1 aliphatic heterocycles. The van der Waals surface area contributed by atoms with E-state index in [4.69, 9.17) is 11.6 Å². The van der Waals surface area contributed by atoms with E-state index in [0.29, 0.717) is 17.3 Å². The summed E-state index contributed by atoms with van der Waals surface area (Å²) in [6.07, 6.45) is 5.08. The summed E-state index contributed by atoms with van der Waals surface area (Å²) in [7, 11) is 0. The molecule has 1 fully saturated rings. The van der Waals surface area contributed by atoms with Crippen LogP contribution >= 0.6 is 11.6 Å². The Morgan fingerprint density at radius 2 is 2.03 bits per heavy atom. The zero-order valence-corrected chi connectivity index (χ0v) is 20.5. The van der Waals surface area contributed by atoms with Gasteiger partial charge in [-0.05, 0) is 50.2 Å². The number of carbonyl (C=O) groups excluding carboxylic acids is 2. The molecule has 2 aromatic heterocycles. The number of aliphatic hydroxyl groups excluding tert-OH is 1. The van der Waals surface area contributed by atoms with Crippen molar-refractivity contribution in [1.29, 1.82) is 0 Å². The van der Waals surface area contributed by atoms with Crippen LogP contribution < -0.4 is 10.6 Å². The number of halogens is 1. The molecule has 4 rings (SSSR count). The van der Waals surface area contributed by atoms with Gasteiger partial charge in [0.15, 0.2) is 0 Å². The lowest BCUT2D eigenvalue weighted by atomic mass is 9.85. The van der Waals surface area contributed by atoms with Crippen LogP contribution in [0.15, 0.2) is 18.3 Å². The fourth-order valence-corrected chi connectivity index (χ4v) is 5.50. The number of amides is 2. The molecule has 2 amide bonds. The van der Waals surface area contributed by atoms with Crippen LogP contribution in [-0.4, -0.2) is 32.5 Å². The third kappa shape index (κ3) is 5.09. The van der Waals surface area contributed by atoms with E-state index in [2.05, 4.69) is 34.0 Å². The third-order valence-electron chi connectivity index (χ3n) is 6.75. The van der Waals surface area contributed by atoms with E-state index in [9.17, 15) is 14.7 Å². The lowest BCUT2D eigenvalue weighted by Crippen LogP contribution is -2.40. The smallest absolute Gasteiger partial charge is 0.228 e. The molecular formula is C25H33ClN4O3. The number of hydrogen-bond acceptors (Lipinski definition) is 4. The Kier molecular flexibility index (Phi) is 6.56. The predicted molar refractivity (Wildman–Crippen MR) is 129 cm³/mol. The van der Waals surface area contributed by atoms with Crippen molar-refractivity contribution in [2.75, 3.05) is 5.32 Å². The van der Waals surface area contributed by atoms with E-state index >= 15 is 0 Å². The lowest BCUT2D eigenvalue weighted by molar-refractivity contribution is -0.123. The number of hydrogen-bond donors (Lipinski definition) is 3. The Morgan fingerprint density at radius 3 is 2.73 bits per heavy atom. The summed E-state index contributed by atoms with van der Waals surface area (Å²) >= 11 is 6.56. The SMILES string of the molecule is CC(=O)N[C@@H]1CCC[C@H](C(=O)Nc2cc(-c3cc(C(C)O)n4c3CC(C)(C)C4)c(Cl)cn2)C1. The molecule has 2 aromatic rings. The highest BCUT2D eigenvalue weighted by Crippen LogP contribution is 2.43. The van der Waals surface area contributed by atoms with E-state index in [1.54, 1.807) is 13.1 Å². The van der Waals surface area contributed by atoms with Crippen LogP contribution in [0.25, 0.3) is 11.1 Å². The summed E-state index contributed by atoms with van der Waals surface area (Å²) in [6.45, 7) is 8.55. The average Bonchev–Trinajstić information content (AvgIpc) is 3.22. The Bertz CT molecular complexity index is 1080. The van der Waals surface area contributed by atoms with Crippen LogP contribution in [0.5, 0.6) is 0 Å². The van der Waals surface area contributed by atoms with Crippen LogP contribution in [0, 0.1) is 11.3 Å². The fraction of sp³-hybridized carbons (Fsp3) is 0.560. The molecule has 1 unspecified atom stereocenters. The summed E-state index contributed by atoms with van der Waals surface area (Å²) in [5, 5.41) is 16.7. The first-order valence-electron chi connectivity index (χ1n) is 11.7. The third-order valence-corrected chi connectivity index (χ3v) is 7.05. The number of rotatable bonds is 5. The number of carbonyl (C=O) groups is 2. The van der Waals surface area contributed by atoms with Crippen LogP contribution in [0.4, 0.5) is 5.82 Å². The molecule has 0 bridgehead atoms. The van der Waals surface area contributed by atoms with E-state index < -0.39 is 6.10 Å². The molecule has 8 heteroatoms. The molecular weight excluding hydrogens is 440 g/mol.